The third-order valence-corrected chi connectivity index (χ3v) is 7.44. The maximum absolute atomic E-state index is 14.6. The highest BCUT2D eigenvalue weighted by molar-refractivity contribution is 5.82. The molecule has 3 aromatic rings. The van der Waals surface area contributed by atoms with Gasteiger partial charge in [-0.2, -0.15) is 13.2 Å². The van der Waals surface area contributed by atoms with Crippen molar-refractivity contribution in [3.63, 3.8) is 0 Å². The number of amides is 1. The van der Waals surface area contributed by atoms with Crippen LogP contribution >= 0.6 is 0 Å². The van der Waals surface area contributed by atoms with Crippen molar-refractivity contribution in [1.82, 2.24) is 5.32 Å². The Bertz CT molecular complexity index is 1300. The van der Waals surface area contributed by atoms with Crippen molar-refractivity contribution in [3.05, 3.63) is 89.2 Å². The Hall–Kier alpha value is -3.75. The summed E-state index contributed by atoms with van der Waals surface area (Å²) in [4.78, 5) is 17.4. The lowest BCUT2D eigenvalue weighted by molar-refractivity contribution is -0.137. The van der Waals surface area contributed by atoms with Crippen LogP contribution < -0.4 is 19.9 Å². The largest absolute Gasteiger partial charge is 0.497 e. The average molecular weight is 528 g/mol. The number of methoxy groups -OCH3 is 1. The molecule has 9 heteroatoms. The summed E-state index contributed by atoms with van der Waals surface area (Å²) >= 11 is 0. The number of hydrogen-bond acceptors (Lipinski definition) is 4. The first-order valence-corrected chi connectivity index (χ1v) is 12.6. The van der Waals surface area contributed by atoms with Crippen LogP contribution in [0.1, 0.15) is 16.7 Å². The molecule has 5 nitrogen and oxygen atoms in total. The van der Waals surface area contributed by atoms with Crippen molar-refractivity contribution in [2.75, 3.05) is 43.1 Å². The van der Waals surface area contributed by atoms with Gasteiger partial charge < -0.3 is 19.9 Å². The number of benzene rings is 3. The van der Waals surface area contributed by atoms with E-state index in [-0.39, 0.29) is 24.2 Å². The molecule has 200 valence electrons. The molecule has 1 amide bonds. The standard InChI is InChI=1S/C29H29F4N3O2/c1-38-22-9-6-19(7-10-22)12-13-34-28(37)23-17-20-16-21(29(31,32)33)8-11-25(20)36-15-14-35(18-27(23)36)26-5-3-2-4-24(26)30/h2-11,16,23,27H,12-15,17-18H2,1H3,(H,34,37)/t23-,27+/m0/s1. The molecule has 0 unspecified atom stereocenters. The normalized spacial score (nSPS) is 19.0. The van der Waals surface area contributed by atoms with Crippen LogP contribution in [0.5, 0.6) is 5.75 Å². The predicted octanol–water partition coefficient (Wildman–Crippen LogP) is 5.08. The van der Waals surface area contributed by atoms with Crippen LogP contribution in [0.15, 0.2) is 66.7 Å². The number of hydrogen-bond donors (Lipinski definition) is 1. The van der Waals surface area contributed by atoms with Crippen LogP contribution in [-0.4, -0.2) is 45.2 Å². The minimum Gasteiger partial charge on any atom is -0.497 e. The summed E-state index contributed by atoms with van der Waals surface area (Å²) < 4.78 is 60.1. The summed E-state index contributed by atoms with van der Waals surface area (Å²) in [6.07, 6.45) is -3.68. The Morgan fingerprint density at radius 3 is 2.50 bits per heavy atom. The number of para-hydroxylation sites is 1. The third-order valence-electron chi connectivity index (χ3n) is 7.44. The first kappa shape index (κ1) is 25.9. The number of carbonyl (C=O) groups is 1. The van der Waals surface area contributed by atoms with Gasteiger partial charge in [-0.3, -0.25) is 4.79 Å². The molecule has 1 fully saturated rings. The molecule has 3 aromatic carbocycles. The van der Waals surface area contributed by atoms with Crippen molar-refractivity contribution in [2.45, 2.75) is 25.1 Å². The highest BCUT2D eigenvalue weighted by Crippen LogP contribution is 2.40. The molecular weight excluding hydrogens is 498 g/mol. The minimum absolute atomic E-state index is 0.180. The lowest BCUT2D eigenvalue weighted by atomic mass is 9.82. The Kier molecular flexibility index (Phi) is 7.19. The van der Waals surface area contributed by atoms with Crippen molar-refractivity contribution in [3.8, 4) is 5.75 Å². The average Bonchev–Trinajstić information content (AvgIpc) is 2.92. The van der Waals surface area contributed by atoms with E-state index >= 15 is 0 Å². The number of alkyl halides is 3. The molecule has 2 heterocycles. The zero-order valence-electron chi connectivity index (χ0n) is 21.0. The third kappa shape index (κ3) is 5.28. The number of halogens is 4. The van der Waals surface area contributed by atoms with E-state index in [9.17, 15) is 22.4 Å². The molecule has 0 spiro atoms. The van der Waals surface area contributed by atoms with Gasteiger partial charge >= 0.3 is 6.18 Å². The Labute approximate surface area is 219 Å². The summed E-state index contributed by atoms with van der Waals surface area (Å²) in [5.74, 6) is -0.399. The second-order valence-electron chi connectivity index (χ2n) is 9.70. The van der Waals surface area contributed by atoms with Crippen molar-refractivity contribution in [2.24, 2.45) is 5.92 Å². The summed E-state index contributed by atoms with van der Waals surface area (Å²) in [6.45, 7) is 1.73. The summed E-state index contributed by atoms with van der Waals surface area (Å²) in [5.41, 5.74) is 1.98. The molecule has 5 rings (SSSR count). The van der Waals surface area contributed by atoms with Crippen molar-refractivity contribution in [1.29, 1.82) is 0 Å². The minimum atomic E-state index is -4.47. The van der Waals surface area contributed by atoms with Crippen LogP contribution in [0.25, 0.3) is 0 Å². The van der Waals surface area contributed by atoms with Crippen LogP contribution in [-0.2, 0) is 23.8 Å². The highest BCUT2D eigenvalue weighted by atomic mass is 19.4. The summed E-state index contributed by atoms with van der Waals surface area (Å²) in [6, 6.07) is 17.5. The van der Waals surface area contributed by atoms with Gasteiger partial charge in [0.2, 0.25) is 5.91 Å². The maximum Gasteiger partial charge on any atom is 0.416 e. The van der Waals surface area contributed by atoms with Gasteiger partial charge in [0.1, 0.15) is 11.6 Å². The van der Waals surface area contributed by atoms with E-state index in [1.54, 1.807) is 25.3 Å². The fourth-order valence-corrected chi connectivity index (χ4v) is 5.48. The second-order valence-corrected chi connectivity index (χ2v) is 9.70. The van der Waals surface area contributed by atoms with Gasteiger partial charge in [0, 0.05) is 31.9 Å². The number of carbonyl (C=O) groups excluding carboxylic acids is 1. The molecule has 0 saturated carbocycles. The molecule has 2 aliphatic rings. The number of ether oxygens (including phenoxy) is 1. The molecule has 38 heavy (non-hydrogen) atoms. The number of fused-ring (bicyclic) bond motifs is 3. The van der Waals surface area contributed by atoms with E-state index in [0.717, 1.165) is 23.4 Å². The molecular formula is C29H29F4N3O2. The van der Waals surface area contributed by atoms with Gasteiger partial charge in [-0.15, -0.1) is 0 Å². The fourth-order valence-electron chi connectivity index (χ4n) is 5.48. The molecule has 0 bridgehead atoms. The molecule has 2 atom stereocenters. The lowest BCUT2D eigenvalue weighted by Crippen LogP contribution is -2.61. The molecule has 0 aliphatic carbocycles. The van der Waals surface area contributed by atoms with E-state index in [4.69, 9.17) is 4.74 Å². The smallest absolute Gasteiger partial charge is 0.416 e. The van der Waals surface area contributed by atoms with E-state index in [1.165, 1.54) is 12.1 Å². The van der Waals surface area contributed by atoms with Crippen LogP contribution in [0.2, 0.25) is 0 Å². The predicted molar refractivity (Wildman–Crippen MR) is 138 cm³/mol. The second kappa shape index (κ2) is 10.6. The zero-order chi connectivity index (χ0) is 26.9. The summed E-state index contributed by atoms with van der Waals surface area (Å²) in [5, 5.41) is 2.99. The maximum atomic E-state index is 14.6. The zero-order valence-corrected chi connectivity index (χ0v) is 21.0. The van der Waals surface area contributed by atoms with E-state index in [2.05, 4.69) is 5.32 Å². The molecule has 1 saturated heterocycles. The molecule has 1 N–H and O–H groups in total. The molecule has 0 radical (unpaired) electrons. The van der Waals surface area contributed by atoms with Gasteiger partial charge in [0.05, 0.1) is 30.3 Å². The Balaban J connectivity index is 1.38. The lowest BCUT2D eigenvalue weighted by Gasteiger charge is -2.49. The van der Waals surface area contributed by atoms with Gasteiger partial charge in [-0.25, -0.2) is 4.39 Å². The first-order valence-electron chi connectivity index (χ1n) is 12.6. The summed E-state index contributed by atoms with van der Waals surface area (Å²) in [7, 11) is 1.59. The monoisotopic (exact) mass is 527 g/mol. The number of anilines is 2. The fraction of sp³-hybridized carbons (Fsp3) is 0.345. The van der Waals surface area contributed by atoms with E-state index < -0.39 is 17.7 Å². The Morgan fingerprint density at radius 1 is 1.03 bits per heavy atom. The number of rotatable bonds is 6. The van der Waals surface area contributed by atoms with Crippen LogP contribution in [0, 0.1) is 11.7 Å². The molecule has 0 aromatic heterocycles. The van der Waals surface area contributed by atoms with Crippen LogP contribution in [0.3, 0.4) is 0 Å². The number of nitrogens with one attached hydrogen (secondary N) is 1. The van der Waals surface area contributed by atoms with Gasteiger partial charge in [0.15, 0.2) is 0 Å². The highest BCUT2D eigenvalue weighted by Gasteiger charge is 2.43. The SMILES string of the molecule is COc1ccc(CCNC(=O)[C@H]2Cc3cc(C(F)(F)F)ccc3N3CCN(c4ccccc4F)C[C@H]23)cc1. The quantitative estimate of drug-likeness (QED) is 0.455. The number of piperazine rings is 1. The van der Waals surface area contributed by atoms with E-state index in [0.29, 0.717) is 49.5 Å². The Morgan fingerprint density at radius 2 is 1.79 bits per heavy atom. The van der Waals surface area contributed by atoms with Gasteiger partial charge in [-0.1, -0.05) is 24.3 Å². The topological polar surface area (TPSA) is 44.8 Å². The first-order chi connectivity index (χ1) is 18.2. The van der Waals surface area contributed by atoms with E-state index in [1.807, 2.05) is 34.1 Å². The van der Waals surface area contributed by atoms with Crippen molar-refractivity contribution < 1.29 is 27.1 Å². The molecule has 2 aliphatic heterocycles. The number of nitrogens with zero attached hydrogens (tertiary/aromatic N) is 2. The van der Waals surface area contributed by atoms with Gasteiger partial charge in [-0.05, 0) is 66.4 Å². The van der Waals surface area contributed by atoms with Crippen molar-refractivity contribution >= 4 is 17.3 Å². The van der Waals surface area contributed by atoms with Gasteiger partial charge in [0.25, 0.3) is 0 Å². The van der Waals surface area contributed by atoms with Crippen LogP contribution in [0.4, 0.5) is 28.9 Å².